The van der Waals surface area contributed by atoms with Crippen LogP contribution in [0.5, 0.6) is 0 Å². The molecule has 0 unspecified atom stereocenters. The van der Waals surface area contributed by atoms with E-state index in [1.165, 1.54) is 55.2 Å². The summed E-state index contributed by atoms with van der Waals surface area (Å²) in [6.07, 6.45) is 0. The van der Waals surface area contributed by atoms with Crippen molar-refractivity contribution in [3.63, 3.8) is 0 Å². The minimum atomic E-state index is -0.530. The van der Waals surface area contributed by atoms with Crippen LogP contribution in [0.25, 0.3) is 38.6 Å². The molecule has 9 aromatic rings. The summed E-state index contributed by atoms with van der Waals surface area (Å²) in [6, 6.07) is 74.7. The lowest BCUT2D eigenvalue weighted by Crippen LogP contribution is -2.34. The minimum absolute atomic E-state index is 0.530. The van der Waals surface area contributed by atoms with Crippen molar-refractivity contribution < 1.29 is 4.58 Å². The molecule has 54 heavy (non-hydrogen) atoms. The van der Waals surface area contributed by atoms with Gasteiger partial charge in [-0.05, 0) is 82.4 Å². The summed E-state index contributed by atoms with van der Waals surface area (Å²) in [5.41, 5.74) is 14.0. The third kappa shape index (κ3) is 4.30. The molecule has 0 spiro atoms. The van der Waals surface area contributed by atoms with Gasteiger partial charge in [-0.3, -0.25) is 0 Å². The second-order valence-corrected chi connectivity index (χ2v) is 14.1. The molecule has 11 rings (SSSR count). The Balaban J connectivity index is 1.18. The number of fused-ring (bicyclic) bond motifs is 7. The molecule has 2 aliphatic rings. The third-order valence-electron chi connectivity index (χ3n) is 11.3. The zero-order chi connectivity index (χ0) is 35.6. The molecule has 0 saturated carbocycles. The summed E-state index contributed by atoms with van der Waals surface area (Å²) in [5, 5.41) is 2.49. The Hall–Kier alpha value is -7.10. The first-order valence-electron chi connectivity index (χ1n) is 18.6. The van der Waals surface area contributed by atoms with E-state index in [4.69, 9.17) is 4.99 Å². The highest BCUT2D eigenvalue weighted by Gasteiger charge is 2.48. The number of para-hydroxylation sites is 1. The largest absolute Gasteiger partial charge is 0.309 e. The highest BCUT2D eigenvalue weighted by Crippen LogP contribution is 2.59. The average molecular weight is 689 g/mol. The van der Waals surface area contributed by atoms with E-state index in [2.05, 4.69) is 215 Å². The number of aliphatic imine (C=N–C) groups is 1. The van der Waals surface area contributed by atoms with Gasteiger partial charge in [-0.15, -0.1) is 0 Å². The van der Waals surface area contributed by atoms with Crippen molar-refractivity contribution in [3.8, 4) is 16.8 Å². The molecule has 0 atom stereocenters. The lowest BCUT2D eigenvalue weighted by Gasteiger charge is -2.34. The molecule has 0 fully saturated rings. The first kappa shape index (κ1) is 30.5. The maximum Gasteiger partial charge on any atom is 0.279 e. The Morgan fingerprint density at radius 3 is 1.70 bits per heavy atom. The van der Waals surface area contributed by atoms with Crippen molar-refractivity contribution >= 4 is 39.2 Å². The summed E-state index contributed by atoms with van der Waals surface area (Å²) in [4.78, 5) is 5.06. The first-order valence-corrected chi connectivity index (χ1v) is 18.6. The van der Waals surface area contributed by atoms with E-state index in [0.717, 1.165) is 34.2 Å². The fourth-order valence-corrected chi connectivity index (χ4v) is 9.07. The molecule has 3 nitrogen and oxygen atoms in total. The smallest absolute Gasteiger partial charge is 0.279 e. The topological polar surface area (TPSA) is 20.3 Å². The molecular weight excluding hydrogens is 655 g/mol. The lowest BCUT2D eigenvalue weighted by atomic mass is 9.67. The van der Waals surface area contributed by atoms with Crippen LogP contribution >= 0.6 is 0 Å². The number of aromatic nitrogens is 1. The van der Waals surface area contributed by atoms with Crippen LogP contribution in [0.3, 0.4) is 0 Å². The van der Waals surface area contributed by atoms with Crippen LogP contribution < -0.4 is 0 Å². The number of nitrogens with zero attached hydrogens (tertiary/aromatic N) is 3. The van der Waals surface area contributed by atoms with Crippen LogP contribution in [0.4, 0.5) is 5.69 Å². The van der Waals surface area contributed by atoms with Crippen molar-refractivity contribution in [2.75, 3.05) is 0 Å². The fraction of sp³-hybridized carbons (Fsp3) is 0.0196. The molecule has 252 valence electrons. The maximum absolute atomic E-state index is 5.06. The molecule has 3 heteroatoms. The second-order valence-electron chi connectivity index (χ2n) is 14.1. The Kier molecular flexibility index (Phi) is 6.77. The standard InChI is InChI=1S/C51H34N3/c1-5-17-35(18-6-1)49-52-50(36-19-7-2-8-20-36)54(49)40-31-29-39(30-32-40)53-46-28-16-14-26-42(46)44-34-33-43-41-25-13-15-27-45(41)51(47(43)48(44)53,37-21-9-3-10-22-37)38-23-11-4-12-24-38/h1-34H/q+1. The van der Waals surface area contributed by atoms with Crippen molar-refractivity contribution in [3.05, 3.63) is 240 Å². The number of hydrogen-bond acceptors (Lipinski definition) is 1. The van der Waals surface area contributed by atoms with E-state index >= 15 is 0 Å². The first-order chi connectivity index (χ1) is 26.8. The van der Waals surface area contributed by atoms with Crippen molar-refractivity contribution in [1.82, 2.24) is 4.57 Å². The van der Waals surface area contributed by atoms with Crippen LogP contribution in [0.1, 0.15) is 33.4 Å². The van der Waals surface area contributed by atoms with E-state index in [0.29, 0.717) is 0 Å². The van der Waals surface area contributed by atoms with E-state index < -0.39 is 5.41 Å². The van der Waals surface area contributed by atoms with Gasteiger partial charge in [-0.25, -0.2) is 0 Å². The summed E-state index contributed by atoms with van der Waals surface area (Å²) < 4.78 is 4.79. The second kappa shape index (κ2) is 12.0. The van der Waals surface area contributed by atoms with Crippen molar-refractivity contribution in [2.45, 2.75) is 5.41 Å². The zero-order valence-corrected chi connectivity index (χ0v) is 29.5. The predicted octanol–water partition coefficient (Wildman–Crippen LogP) is 11.7. The molecule has 0 amide bonds. The Morgan fingerprint density at radius 2 is 1.02 bits per heavy atom. The molecule has 1 aliphatic heterocycles. The van der Waals surface area contributed by atoms with Gasteiger partial charge < -0.3 is 4.57 Å². The highest BCUT2D eigenvalue weighted by atomic mass is 15.2. The van der Waals surface area contributed by atoms with Crippen LogP contribution in [0.2, 0.25) is 0 Å². The van der Waals surface area contributed by atoms with Gasteiger partial charge >= 0.3 is 0 Å². The quantitative estimate of drug-likeness (QED) is 0.155. The van der Waals surface area contributed by atoms with Crippen LogP contribution in [0, 0.1) is 0 Å². The molecule has 0 bridgehead atoms. The molecular formula is C51H34N3+. The van der Waals surface area contributed by atoms with Gasteiger partial charge in [-0.1, -0.05) is 157 Å². The SMILES string of the molecule is c1ccc(C2=NC(c3ccccc3)=[N+]2c2ccc(-n3c4ccccc4c4ccc5c(c43)C(c3ccccc3)(c3ccccc3)c3ccccc3-5)cc2)cc1. The number of benzene rings is 8. The zero-order valence-electron chi connectivity index (χ0n) is 29.5. The Bertz CT molecular complexity index is 2900. The van der Waals surface area contributed by atoms with Gasteiger partial charge in [0, 0.05) is 22.0 Å². The van der Waals surface area contributed by atoms with Crippen LogP contribution in [-0.2, 0) is 5.41 Å². The molecule has 8 aromatic carbocycles. The van der Waals surface area contributed by atoms with Crippen molar-refractivity contribution in [1.29, 1.82) is 0 Å². The van der Waals surface area contributed by atoms with E-state index in [-0.39, 0.29) is 0 Å². The van der Waals surface area contributed by atoms with Gasteiger partial charge in [0.05, 0.1) is 27.6 Å². The highest BCUT2D eigenvalue weighted by molar-refractivity contribution is 6.16. The maximum atomic E-state index is 5.06. The van der Waals surface area contributed by atoms with E-state index in [1.54, 1.807) is 0 Å². The summed E-state index contributed by atoms with van der Waals surface area (Å²) >= 11 is 0. The van der Waals surface area contributed by atoms with E-state index in [9.17, 15) is 0 Å². The van der Waals surface area contributed by atoms with Gasteiger partial charge in [0.1, 0.15) is 5.69 Å². The van der Waals surface area contributed by atoms with E-state index in [1.807, 2.05) is 0 Å². The van der Waals surface area contributed by atoms with Crippen LogP contribution in [0.15, 0.2) is 211 Å². The molecule has 2 heterocycles. The molecule has 0 radical (unpaired) electrons. The molecule has 0 saturated heterocycles. The number of amidine groups is 2. The summed E-state index contributed by atoms with van der Waals surface area (Å²) in [6.45, 7) is 0. The predicted molar refractivity (Wildman–Crippen MR) is 222 cm³/mol. The normalized spacial score (nSPS) is 14.1. The fourth-order valence-electron chi connectivity index (χ4n) is 9.07. The number of rotatable bonds is 6. The molecule has 1 aliphatic carbocycles. The van der Waals surface area contributed by atoms with Gasteiger partial charge in [0.2, 0.25) is 0 Å². The van der Waals surface area contributed by atoms with Gasteiger partial charge in [0.15, 0.2) is 0 Å². The molecule has 0 N–H and O–H groups in total. The Morgan fingerprint density at radius 1 is 0.444 bits per heavy atom. The third-order valence-corrected chi connectivity index (χ3v) is 11.3. The van der Waals surface area contributed by atoms with Gasteiger partial charge in [-0.2, -0.15) is 4.58 Å². The summed E-state index contributed by atoms with van der Waals surface area (Å²) in [7, 11) is 0. The Labute approximate surface area is 314 Å². The molecule has 1 aromatic heterocycles. The summed E-state index contributed by atoms with van der Waals surface area (Å²) in [5.74, 6) is 1.90. The van der Waals surface area contributed by atoms with Gasteiger partial charge in [0.25, 0.3) is 11.7 Å². The average Bonchev–Trinajstić information content (AvgIpc) is 3.73. The minimum Gasteiger partial charge on any atom is -0.309 e. The monoisotopic (exact) mass is 688 g/mol. The van der Waals surface area contributed by atoms with Crippen molar-refractivity contribution in [2.24, 2.45) is 4.99 Å². The number of hydrogen-bond donors (Lipinski definition) is 0. The lowest BCUT2D eigenvalue weighted by molar-refractivity contribution is -0.319. The van der Waals surface area contributed by atoms with Crippen LogP contribution in [-0.4, -0.2) is 20.8 Å².